The lowest BCUT2D eigenvalue weighted by atomic mass is 10.1. The molecule has 2 aromatic rings. The van der Waals surface area contributed by atoms with Crippen LogP contribution in [0.4, 0.5) is 4.79 Å². The van der Waals surface area contributed by atoms with Crippen molar-refractivity contribution in [1.29, 1.82) is 0 Å². The normalized spacial score (nSPS) is 16.4. The Balaban J connectivity index is 1.94. The average Bonchev–Trinajstić information content (AvgIpc) is 2.80. The first-order chi connectivity index (χ1) is 11.1. The van der Waals surface area contributed by atoms with Crippen LogP contribution in [-0.2, 0) is 14.3 Å². The number of hydrogen-bond acceptors (Lipinski definition) is 4. The van der Waals surface area contributed by atoms with Crippen LogP contribution in [-0.4, -0.2) is 37.2 Å². The molecule has 0 saturated carbocycles. The highest BCUT2D eigenvalue weighted by molar-refractivity contribution is 6.33. The Morgan fingerprint density at radius 3 is 2.61 bits per heavy atom. The number of carbonyl (C=O) groups is 2. The molecule has 5 nitrogen and oxygen atoms in total. The van der Waals surface area contributed by atoms with Gasteiger partial charge in [0.2, 0.25) is 0 Å². The molecule has 23 heavy (non-hydrogen) atoms. The van der Waals surface area contributed by atoms with Crippen LogP contribution in [0.3, 0.4) is 0 Å². The van der Waals surface area contributed by atoms with Crippen molar-refractivity contribution in [2.24, 2.45) is 0 Å². The molecule has 0 N–H and O–H groups in total. The molecule has 118 valence electrons. The number of ether oxygens (including phenoxy) is 2. The maximum Gasteiger partial charge on any atom is 0.422 e. The molecule has 0 atom stereocenters. The van der Waals surface area contributed by atoms with Gasteiger partial charge >= 0.3 is 6.09 Å². The molecule has 2 amide bonds. The lowest BCUT2D eigenvalue weighted by Crippen LogP contribution is -2.31. The summed E-state index contributed by atoms with van der Waals surface area (Å²) in [6.07, 6.45) is 0.789. The highest BCUT2D eigenvalue weighted by Gasteiger charge is 2.36. The number of rotatable bonds is 4. The van der Waals surface area contributed by atoms with Gasteiger partial charge in [-0.2, -0.15) is 0 Å². The van der Waals surface area contributed by atoms with Crippen LogP contribution in [0.15, 0.2) is 42.2 Å². The third kappa shape index (κ3) is 3.06. The Morgan fingerprint density at radius 2 is 1.91 bits per heavy atom. The van der Waals surface area contributed by atoms with Gasteiger partial charge in [0.15, 0.2) is 5.76 Å². The van der Waals surface area contributed by atoms with E-state index in [1.165, 1.54) is 13.2 Å². The van der Waals surface area contributed by atoms with E-state index in [1.807, 2.05) is 36.4 Å². The highest BCUT2D eigenvalue weighted by atomic mass is 35.5. The Kier molecular flexibility index (Phi) is 4.32. The molecule has 0 aliphatic carbocycles. The highest BCUT2D eigenvalue weighted by Crippen LogP contribution is 2.28. The van der Waals surface area contributed by atoms with Crippen molar-refractivity contribution >= 4 is 40.4 Å². The monoisotopic (exact) mass is 331 g/mol. The average molecular weight is 332 g/mol. The second kappa shape index (κ2) is 6.40. The van der Waals surface area contributed by atoms with Gasteiger partial charge in [-0.3, -0.25) is 4.79 Å². The fraction of sp³-hybridized carbons (Fsp3) is 0.176. The molecule has 1 fully saturated rings. The molecule has 0 radical (unpaired) electrons. The van der Waals surface area contributed by atoms with Gasteiger partial charge in [0, 0.05) is 12.1 Å². The van der Waals surface area contributed by atoms with E-state index < -0.39 is 12.0 Å². The maximum atomic E-state index is 12.2. The van der Waals surface area contributed by atoms with Gasteiger partial charge in [0.05, 0.1) is 13.2 Å². The number of nitrogens with zero attached hydrogens (tertiary/aromatic N) is 1. The van der Waals surface area contributed by atoms with Crippen molar-refractivity contribution in [2.45, 2.75) is 0 Å². The van der Waals surface area contributed by atoms with Gasteiger partial charge in [0.25, 0.3) is 5.91 Å². The minimum absolute atomic E-state index is 0.0386. The predicted molar refractivity (Wildman–Crippen MR) is 87.0 cm³/mol. The van der Waals surface area contributed by atoms with Crippen molar-refractivity contribution in [1.82, 2.24) is 4.90 Å². The number of cyclic esters (lactones) is 1. The van der Waals surface area contributed by atoms with Gasteiger partial charge in [-0.1, -0.05) is 35.9 Å². The van der Waals surface area contributed by atoms with Gasteiger partial charge in [-0.05, 0) is 34.5 Å². The first-order valence-corrected chi connectivity index (χ1v) is 7.40. The molecular weight excluding hydrogens is 318 g/mol. The first-order valence-electron chi connectivity index (χ1n) is 7.03. The molecule has 0 unspecified atom stereocenters. The summed E-state index contributed by atoms with van der Waals surface area (Å²) in [5.41, 5.74) is 0.620. The third-order valence-corrected chi connectivity index (χ3v) is 3.87. The standard InChI is InChI=1S/C17H14ClNO4/c1-22-7-6-19-16(20)15(23-17(19)21)10-13-8-11-4-2-3-5-12(11)9-14(13)18/h2-5,8-10H,6-7H2,1H3/b15-10+. The molecule has 1 aliphatic rings. The molecule has 2 aromatic carbocycles. The first kappa shape index (κ1) is 15.5. The third-order valence-electron chi connectivity index (χ3n) is 3.54. The lowest BCUT2D eigenvalue weighted by Gasteiger charge is -2.08. The molecular formula is C17H14ClNO4. The topological polar surface area (TPSA) is 55.8 Å². The van der Waals surface area contributed by atoms with Crippen LogP contribution in [0.1, 0.15) is 5.56 Å². The van der Waals surface area contributed by atoms with E-state index >= 15 is 0 Å². The second-order valence-electron chi connectivity index (χ2n) is 5.05. The number of halogens is 1. The molecule has 0 bridgehead atoms. The Hall–Kier alpha value is -2.37. The smallest absolute Gasteiger partial charge is 0.404 e. The Morgan fingerprint density at radius 1 is 1.22 bits per heavy atom. The number of methoxy groups -OCH3 is 1. The molecule has 1 heterocycles. The van der Waals surface area contributed by atoms with Crippen molar-refractivity contribution in [3.63, 3.8) is 0 Å². The van der Waals surface area contributed by atoms with E-state index in [0.717, 1.165) is 15.7 Å². The summed E-state index contributed by atoms with van der Waals surface area (Å²) >= 11 is 6.26. The molecule has 1 saturated heterocycles. The molecule has 3 rings (SSSR count). The van der Waals surface area contributed by atoms with E-state index in [0.29, 0.717) is 10.6 Å². The minimum atomic E-state index is -0.699. The summed E-state index contributed by atoms with van der Waals surface area (Å²) in [5.74, 6) is -0.528. The SMILES string of the molecule is COCCN1C(=O)O/C(=C/c2cc3ccccc3cc2Cl)C1=O. The number of hydrogen-bond donors (Lipinski definition) is 0. The maximum absolute atomic E-state index is 12.2. The fourth-order valence-electron chi connectivity index (χ4n) is 2.36. The van der Waals surface area contributed by atoms with Crippen LogP contribution >= 0.6 is 11.6 Å². The Bertz CT molecular complexity index is 815. The van der Waals surface area contributed by atoms with Gasteiger partial charge in [-0.25, -0.2) is 9.69 Å². The molecule has 6 heteroatoms. The van der Waals surface area contributed by atoms with Crippen LogP contribution in [0, 0.1) is 0 Å². The van der Waals surface area contributed by atoms with E-state index in [1.54, 1.807) is 0 Å². The zero-order chi connectivity index (χ0) is 16.4. The van der Waals surface area contributed by atoms with E-state index in [9.17, 15) is 9.59 Å². The quantitative estimate of drug-likeness (QED) is 0.805. The molecule has 0 aromatic heterocycles. The van der Waals surface area contributed by atoms with Crippen molar-refractivity contribution in [2.75, 3.05) is 20.3 Å². The van der Waals surface area contributed by atoms with Crippen LogP contribution in [0.2, 0.25) is 5.02 Å². The van der Waals surface area contributed by atoms with Gasteiger partial charge in [-0.15, -0.1) is 0 Å². The van der Waals surface area contributed by atoms with Crippen molar-refractivity contribution < 1.29 is 19.1 Å². The summed E-state index contributed by atoms with van der Waals surface area (Å²) in [4.78, 5) is 25.0. The zero-order valence-electron chi connectivity index (χ0n) is 12.4. The van der Waals surface area contributed by atoms with Gasteiger partial charge in [0.1, 0.15) is 0 Å². The van der Waals surface area contributed by atoms with E-state index in [2.05, 4.69) is 0 Å². The van der Waals surface area contributed by atoms with Gasteiger partial charge < -0.3 is 9.47 Å². The second-order valence-corrected chi connectivity index (χ2v) is 5.45. The van der Waals surface area contributed by atoms with Crippen molar-refractivity contribution in [3.8, 4) is 0 Å². The van der Waals surface area contributed by atoms with Crippen LogP contribution < -0.4 is 0 Å². The summed E-state index contributed by atoms with van der Waals surface area (Å²) in [7, 11) is 1.50. The van der Waals surface area contributed by atoms with Crippen LogP contribution in [0.5, 0.6) is 0 Å². The summed E-state index contributed by atoms with van der Waals surface area (Å²) in [6, 6.07) is 11.4. The summed E-state index contributed by atoms with van der Waals surface area (Å²) < 4.78 is 9.92. The van der Waals surface area contributed by atoms with E-state index in [4.69, 9.17) is 21.1 Å². The lowest BCUT2D eigenvalue weighted by molar-refractivity contribution is -0.123. The minimum Gasteiger partial charge on any atom is -0.404 e. The molecule has 0 spiro atoms. The number of benzene rings is 2. The number of amides is 2. The number of imide groups is 1. The van der Waals surface area contributed by atoms with Crippen LogP contribution in [0.25, 0.3) is 16.8 Å². The predicted octanol–water partition coefficient (Wildman–Crippen LogP) is 3.46. The zero-order valence-corrected chi connectivity index (χ0v) is 13.2. The summed E-state index contributed by atoms with van der Waals surface area (Å²) in [6.45, 7) is 0.405. The summed E-state index contributed by atoms with van der Waals surface area (Å²) in [5, 5.41) is 2.46. The fourth-order valence-corrected chi connectivity index (χ4v) is 2.58. The van der Waals surface area contributed by atoms with Crippen molar-refractivity contribution in [3.05, 3.63) is 52.7 Å². The number of carbonyl (C=O) groups excluding carboxylic acids is 2. The Labute approximate surface area is 138 Å². The molecule has 1 aliphatic heterocycles. The van der Waals surface area contributed by atoms with E-state index in [-0.39, 0.29) is 18.9 Å². The largest absolute Gasteiger partial charge is 0.422 e. The number of fused-ring (bicyclic) bond motifs is 1.